The molecule has 1 aromatic heterocycles. The number of ether oxygens (including phenoxy) is 1. The second-order valence-electron chi connectivity index (χ2n) is 9.96. The van der Waals surface area contributed by atoms with Crippen LogP contribution >= 0.6 is 0 Å². The average Bonchev–Trinajstić information content (AvgIpc) is 2.84. The van der Waals surface area contributed by atoms with Crippen molar-refractivity contribution in [2.24, 2.45) is 5.92 Å². The van der Waals surface area contributed by atoms with E-state index in [1.807, 2.05) is 48.5 Å². The van der Waals surface area contributed by atoms with Crippen molar-refractivity contribution in [3.8, 4) is 5.75 Å². The Morgan fingerprint density at radius 1 is 1.03 bits per heavy atom. The van der Waals surface area contributed by atoms with Crippen LogP contribution in [0.2, 0.25) is 0 Å². The van der Waals surface area contributed by atoms with E-state index in [4.69, 9.17) is 9.15 Å². The first kappa shape index (κ1) is 25.5. The Labute approximate surface area is 212 Å². The summed E-state index contributed by atoms with van der Waals surface area (Å²) in [5, 5.41) is 14.1. The molecule has 0 spiro atoms. The third-order valence-electron chi connectivity index (χ3n) is 6.70. The number of carbonyl (C=O) groups excluding carboxylic acids is 1. The number of benzene rings is 2. The summed E-state index contributed by atoms with van der Waals surface area (Å²) in [6.07, 6.45) is 5.62. The summed E-state index contributed by atoms with van der Waals surface area (Å²) in [4.78, 5) is 25.6. The number of hydrogen-bond donors (Lipinski definition) is 2. The van der Waals surface area contributed by atoms with E-state index in [1.54, 1.807) is 6.07 Å². The van der Waals surface area contributed by atoms with Crippen LogP contribution in [0.4, 0.5) is 10.5 Å². The van der Waals surface area contributed by atoms with Gasteiger partial charge in [-0.25, -0.2) is 9.59 Å². The monoisotopic (exact) mass is 489 g/mol. The molecule has 1 aliphatic carbocycles. The van der Waals surface area contributed by atoms with Crippen molar-refractivity contribution in [2.75, 3.05) is 5.32 Å². The molecule has 0 bridgehead atoms. The number of carbonyl (C=O) groups is 1. The molecule has 0 fully saturated rings. The minimum absolute atomic E-state index is 0.0782. The zero-order valence-corrected chi connectivity index (χ0v) is 21.1. The molecule has 1 amide bonds. The van der Waals surface area contributed by atoms with Gasteiger partial charge in [-0.05, 0) is 54.9 Å². The maximum Gasteiger partial charge on any atom is 0.411 e. The van der Waals surface area contributed by atoms with Crippen LogP contribution in [-0.2, 0) is 24.2 Å². The quantitative estimate of drug-likeness (QED) is 0.376. The summed E-state index contributed by atoms with van der Waals surface area (Å²) < 4.78 is 11.1. The van der Waals surface area contributed by atoms with Crippen LogP contribution in [0, 0.1) is 5.92 Å². The Morgan fingerprint density at radius 3 is 2.53 bits per heavy atom. The van der Waals surface area contributed by atoms with Gasteiger partial charge in [-0.2, -0.15) is 0 Å². The van der Waals surface area contributed by atoms with Gasteiger partial charge < -0.3 is 14.3 Å². The van der Waals surface area contributed by atoms with Gasteiger partial charge in [-0.1, -0.05) is 69.2 Å². The number of aromatic hydroxyl groups is 1. The molecule has 4 rings (SSSR count). The predicted molar refractivity (Wildman–Crippen MR) is 141 cm³/mol. The highest BCUT2D eigenvalue weighted by Gasteiger charge is 2.28. The van der Waals surface area contributed by atoms with Gasteiger partial charge in [-0.3, -0.25) is 5.32 Å². The lowest BCUT2D eigenvalue weighted by Gasteiger charge is -2.23. The number of aryl methyl sites for hydroxylation is 1. The van der Waals surface area contributed by atoms with Gasteiger partial charge in [0.2, 0.25) is 0 Å². The zero-order chi connectivity index (χ0) is 25.5. The molecular weight excluding hydrogens is 454 g/mol. The molecule has 0 aliphatic heterocycles. The third-order valence-corrected chi connectivity index (χ3v) is 6.70. The Morgan fingerprint density at radius 2 is 1.78 bits per heavy atom. The van der Waals surface area contributed by atoms with Gasteiger partial charge in [0.15, 0.2) is 0 Å². The fourth-order valence-electron chi connectivity index (χ4n) is 4.93. The summed E-state index contributed by atoms with van der Waals surface area (Å²) in [5.74, 6) is 0.609. The van der Waals surface area contributed by atoms with Gasteiger partial charge in [0.1, 0.15) is 18.1 Å². The number of hydrogen-bond acceptors (Lipinski definition) is 5. The van der Waals surface area contributed by atoms with E-state index in [0.717, 1.165) is 42.4 Å². The van der Waals surface area contributed by atoms with Crippen LogP contribution in [0.5, 0.6) is 5.75 Å². The van der Waals surface area contributed by atoms with Crippen LogP contribution in [0.1, 0.15) is 79.9 Å². The summed E-state index contributed by atoms with van der Waals surface area (Å²) in [6, 6.07) is 16.9. The first-order valence-electron chi connectivity index (χ1n) is 12.9. The lowest BCUT2D eigenvalue weighted by molar-refractivity contribution is 0.155. The van der Waals surface area contributed by atoms with E-state index in [0.29, 0.717) is 36.3 Å². The topological polar surface area (TPSA) is 88.8 Å². The van der Waals surface area contributed by atoms with Crippen LogP contribution in [0.3, 0.4) is 0 Å². The lowest BCUT2D eigenvalue weighted by atomic mass is 9.83. The summed E-state index contributed by atoms with van der Waals surface area (Å²) in [6.45, 7) is 4.34. The van der Waals surface area contributed by atoms with Crippen molar-refractivity contribution in [1.82, 2.24) is 0 Å². The molecule has 0 saturated heterocycles. The smallest absolute Gasteiger partial charge is 0.411 e. The van der Waals surface area contributed by atoms with Crippen molar-refractivity contribution in [3.05, 3.63) is 93.0 Å². The highest BCUT2D eigenvalue weighted by Crippen LogP contribution is 2.38. The minimum atomic E-state index is -0.556. The lowest BCUT2D eigenvalue weighted by Crippen LogP contribution is -2.19. The molecule has 3 aromatic rings. The molecule has 36 heavy (non-hydrogen) atoms. The molecule has 190 valence electrons. The number of nitrogens with one attached hydrogen (secondary N) is 1. The van der Waals surface area contributed by atoms with Crippen molar-refractivity contribution >= 4 is 11.8 Å². The predicted octanol–water partition coefficient (Wildman–Crippen LogP) is 6.93. The molecule has 2 N–H and O–H groups in total. The molecule has 1 atom stereocenters. The van der Waals surface area contributed by atoms with Gasteiger partial charge >= 0.3 is 11.7 Å². The zero-order valence-electron chi connectivity index (χ0n) is 21.1. The normalized spacial score (nSPS) is 14.4. The first-order valence-corrected chi connectivity index (χ1v) is 12.9. The van der Waals surface area contributed by atoms with E-state index in [-0.39, 0.29) is 24.2 Å². The molecule has 0 radical (unpaired) electrons. The number of rotatable bonds is 7. The molecule has 2 aromatic carbocycles. The maximum absolute atomic E-state index is 13.2. The second kappa shape index (κ2) is 11.9. The van der Waals surface area contributed by atoms with E-state index in [9.17, 15) is 14.7 Å². The van der Waals surface area contributed by atoms with Crippen LogP contribution in [-0.4, -0.2) is 11.2 Å². The van der Waals surface area contributed by atoms with Crippen LogP contribution in [0.25, 0.3) is 0 Å². The summed E-state index contributed by atoms with van der Waals surface area (Å²) >= 11 is 0. The van der Waals surface area contributed by atoms with E-state index >= 15 is 0 Å². The first-order chi connectivity index (χ1) is 17.4. The molecule has 1 unspecified atom stereocenters. The Hall–Kier alpha value is -3.54. The molecule has 0 saturated carbocycles. The van der Waals surface area contributed by atoms with E-state index in [2.05, 4.69) is 19.2 Å². The van der Waals surface area contributed by atoms with Crippen molar-refractivity contribution in [2.45, 2.75) is 71.3 Å². The Kier molecular flexibility index (Phi) is 8.47. The Balaban J connectivity index is 1.61. The Bertz CT molecular complexity index is 1230. The van der Waals surface area contributed by atoms with Crippen molar-refractivity contribution < 1.29 is 19.1 Å². The van der Waals surface area contributed by atoms with Gasteiger partial charge in [0, 0.05) is 23.6 Å². The maximum atomic E-state index is 13.2. The SMILES string of the molecule is CC(C)CC(c1cccc(NC(=O)OCc2ccccc2)c1)c1c(O)c2c(oc1=O)CCCCCC2. The van der Waals surface area contributed by atoms with Gasteiger partial charge in [0.25, 0.3) is 0 Å². The largest absolute Gasteiger partial charge is 0.507 e. The molecule has 1 aliphatic rings. The number of amides is 1. The van der Waals surface area contributed by atoms with E-state index in [1.165, 1.54) is 0 Å². The standard InChI is InChI=1S/C30H35NO5/c1-20(2)17-25(27-28(32)24-15-8-3-4-9-16-26(24)36-29(27)33)22-13-10-14-23(18-22)31-30(34)35-19-21-11-6-5-7-12-21/h5-7,10-14,18,20,25,32H,3-4,8-9,15-17,19H2,1-2H3,(H,31,34). The molecule has 6 heteroatoms. The number of anilines is 1. The van der Waals surface area contributed by atoms with Crippen molar-refractivity contribution in [3.63, 3.8) is 0 Å². The summed E-state index contributed by atoms with van der Waals surface area (Å²) in [5.41, 5.74) is 2.91. The van der Waals surface area contributed by atoms with Gasteiger partial charge in [0.05, 0.1) is 5.56 Å². The van der Waals surface area contributed by atoms with Crippen LogP contribution in [0.15, 0.2) is 63.8 Å². The number of fused-ring (bicyclic) bond motifs is 1. The second-order valence-corrected chi connectivity index (χ2v) is 9.96. The average molecular weight is 490 g/mol. The third kappa shape index (κ3) is 6.36. The van der Waals surface area contributed by atoms with E-state index < -0.39 is 11.7 Å². The molecule has 6 nitrogen and oxygen atoms in total. The molecule has 1 heterocycles. The fourth-order valence-corrected chi connectivity index (χ4v) is 4.93. The highest BCUT2D eigenvalue weighted by atomic mass is 16.5. The van der Waals surface area contributed by atoms with Crippen LogP contribution < -0.4 is 10.9 Å². The van der Waals surface area contributed by atoms with Gasteiger partial charge in [-0.15, -0.1) is 0 Å². The minimum Gasteiger partial charge on any atom is -0.507 e. The highest BCUT2D eigenvalue weighted by molar-refractivity contribution is 5.84. The van der Waals surface area contributed by atoms with Crippen molar-refractivity contribution in [1.29, 1.82) is 0 Å². The summed E-state index contributed by atoms with van der Waals surface area (Å²) in [7, 11) is 0. The molecular formula is C30H35NO5. The fraction of sp³-hybridized carbons (Fsp3) is 0.400.